The normalized spacial score (nSPS) is 13.2. The van der Waals surface area contributed by atoms with E-state index in [1.54, 1.807) is 41.2 Å². The van der Waals surface area contributed by atoms with E-state index in [1.165, 1.54) is 11.6 Å². The minimum atomic E-state index is -0.425. The molecule has 1 aliphatic heterocycles. The van der Waals surface area contributed by atoms with E-state index >= 15 is 0 Å². The highest BCUT2D eigenvalue weighted by atomic mass is 19.1. The van der Waals surface area contributed by atoms with E-state index in [4.69, 9.17) is 4.74 Å². The third-order valence-electron chi connectivity index (χ3n) is 4.90. The van der Waals surface area contributed by atoms with Gasteiger partial charge in [0, 0.05) is 25.0 Å². The second-order valence-electron chi connectivity index (χ2n) is 6.82. The lowest BCUT2D eigenvalue weighted by atomic mass is 10.00. The Morgan fingerprint density at radius 3 is 2.79 bits per heavy atom. The van der Waals surface area contributed by atoms with Crippen LogP contribution in [0.4, 0.5) is 14.9 Å². The number of rotatable bonds is 3. The summed E-state index contributed by atoms with van der Waals surface area (Å²) in [6, 6.07) is 10.3. The molecular weight excluding hydrogens is 359 g/mol. The number of nitrogens with one attached hydrogen (secondary N) is 1. The Bertz CT molecular complexity index is 1030. The number of carbonyl (C=O) groups excluding carboxylic acids is 1. The summed E-state index contributed by atoms with van der Waals surface area (Å²) in [5.41, 5.74) is 3.90. The summed E-state index contributed by atoms with van der Waals surface area (Å²) in [6.07, 6.45) is 4.07. The van der Waals surface area contributed by atoms with E-state index in [1.807, 2.05) is 25.1 Å². The van der Waals surface area contributed by atoms with Gasteiger partial charge in [-0.15, -0.1) is 0 Å². The highest BCUT2D eigenvalue weighted by Gasteiger charge is 2.21. The summed E-state index contributed by atoms with van der Waals surface area (Å²) in [7, 11) is 1.64. The van der Waals surface area contributed by atoms with Gasteiger partial charge in [0.1, 0.15) is 11.6 Å². The Kier molecular flexibility index (Phi) is 4.73. The van der Waals surface area contributed by atoms with E-state index in [0.29, 0.717) is 24.5 Å². The molecule has 1 N–H and O–H groups in total. The van der Waals surface area contributed by atoms with Crippen molar-refractivity contribution in [2.45, 2.75) is 19.9 Å². The van der Waals surface area contributed by atoms with E-state index in [9.17, 15) is 9.18 Å². The highest BCUT2D eigenvalue weighted by Crippen LogP contribution is 2.25. The molecule has 0 radical (unpaired) electrons. The van der Waals surface area contributed by atoms with Crippen LogP contribution in [0.3, 0.4) is 0 Å². The van der Waals surface area contributed by atoms with Crippen molar-refractivity contribution in [3.05, 3.63) is 71.6 Å². The Labute approximate surface area is 162 Å². The Morgan fingerprint density at radius 1 is 1.21 bits per heavy atom. The third kappa shape index (κ3) is 3.55. The first-order chi connectivity index (χ1) is 13.5. The number of nitrogens with zero attached hydrogens (tertiary/aromatic N) is 3. The number of urea groups is 1. The molecular formula is C21H21FN4O2. The molecule has 0 unspecified atom stereocenters. The van der Waals surface area contributed by atoms with Crippen molar-refractivity contribution >= 4 is 11.7 Å². The molecule has 2 aromatic carbocycles. The Hall–Kier alpha value is -3.35. The Balaban J connectivity index is 1.46. The Morgan fingerprint density at radius 2 is 2.07 bits per heavy atom. The molecule has 0 saturated heterocycles. The molecule has 7 heteroatoms. The number of amides is 2. The summed E-state index contributed by atoms with van der Waals surface area (Å²) in [4.78, 5) is 18.5. The van der Waals surface area contributed by atoms with Crippen molar-refractivity contribution in [3.63, 3.8) is 0 Å². The van der Waals surface area contributed by atoms with Crippen molar-refractivity contribution in [2.24, 2.45) is 0 Å². The number of halogens is 1. The molecule has 28 heavy (non-hydrogen) atoms. The average molecular weight is 380 g/mol. The van der Waals surface area contributed by atoms with Gasteiger partial charge in [-0.1, -0.05) is 6.07 Å². The molecule has 2 heterocycles. The quantitative estimate of drug-likeness (QED) is 0.749. The van der Waals surface area contributed by atoms with Crippen LogP contribution < -0.4 is 10.1 Å². The second-order valence-corrected chi connectivity index (χ2v) is 6.82. The number of benzene rings is 2. The molecule has 1 aliphatic rings. The van der Waals surface area contributed by atoms with Gasteiger partial charge < -0.3 is 19.5 Å². The first-order valence-corrected chi connectivity index (χ1v) is 9.06. The summed E-state index contributed by atoms with van der Waals surface area (Å²) in [6.45, 7) is 2.96. The minimum Gasteiger partial charge on any atom is -0.497 e. The minimum absolute atomic E-state index is 0.243. The first-order valence-electron chi connectivity index (χ1n) is 9.06. The van der Waals surface area contributed by atoms with Crippen molar-refractivity contribution < 1.29 is 13.9 Å². The van der Waals surface area contributed by atoms with Gasteiger partial charge in [-0.2, -0.15) is 0 Å². The van der Waals surface area contributed by atoms with Crippen LogP contribution in [0, 0.1) is 12.7 Å². The average Bonchev–Trinajstić information content (AvgIpc) is 3.13. The third-order valence-corrected chi connectivity index (χ3v) is 4.90. The van der Waals surface area contributed by atoms with Crippen LogP contribution in [0.5, 0.6) is 5.75 Å². The van der Waals surface area contributed by atoms with Crippen LogP contribution in [0.1, 0.15) is 16.8 Å². The number of hydrogen-bond donors (Lipinski definition) is 1. The van der Waals surface area contributed by atoms with Gasteiger partial charge >= 0.3 is 6.03 Å². The smallest absolute Gasteiger partial charge is 0.322 e. The number of imidazole rings is 1. The van der Waals surface area contributed by atoms with Gasteiger partial charge in [-0.3, -0.25) is 0 Å². The number of aromatic nitrogens is 2. The lowest BCUT2D eigenvalue weighted by molar-refractivity contribution is 0.206. The molecule has 6 nitrogen and oxygen atoms in total. The standard InChI is InChI=1S/C21H21FN4O2/c1-14-11-26(13-23-14)20-6-4-17(10-19(20)22)24-21(27)25-8-7-15-9-18(28-2)5-3-16(15)12-25/h3-6,9-11,13H,7-8,12H2,1-2H3,(H,24,27). The second kappa shape index (κ2) is 7.34. The fourth-order valence-corrected chi connectivity index (χ4v) is 3.38. The maximum absolute atomic E-state index is 14.5. The molecule has 4 rings (SSSR count). The van der Waals surface area contributed by atoms with Gasteiger partial charge in [-0.25, -0.2) is 14.2 Å². The lowest BCUT2D eigenvalue weighted by Crippen LogP contribution is -2.38. The van der Waals surface area contributed by atoms with E-state index < -0.39 is 5.82 Å². The topological polar surface area (TPSA) is 59.4 Å². The zero-order valence-electron chi connectivity index (χ0n) is 15.8. The monoisotopic (exact) mass is 380 g/mol. The van der Waals surface area contributed by atoms with Gasteiger partial charge in [0.05, 0.1) is 24.8 Å². The summed E-state index contributed by atoms with van der Waals surface area (Å²) in [5.74, 6) is 0.395. The van der Waals surface area contributed by atoms with Crippen LogP contribution in [0.15, 0.2) is 48.9 Å². The molecule has 1 aromatic heterocycles. The van der Waals surface area contributed by atoms with E-state index in [-0.39, 0.29) is 6.03 Å². The molecule has 0 aliphatic carbocycles. The van der Waals surface area contributed by atoms with Crippen molar-refractivity contribution in [2.75, 3.05) is 19.0 Å². The molecule has 0 atom stereocenters. The van der Waals surface area contributed by atoms with E-state index in [0.717, 1.165) is 23.4 Å². The number of methoxy groups -OCH3 is 1. The molecule has 0 fully saturated rings. The van der Waals surface area contributed by atoms with Crippen molar-refractivity contribution in [1.29, 1.82) is 0 Å². The van der Waals surface area contributed by atoms with Crippen LogP contribution >= 0.6 is 0 Å². The molecule has 0 bridgehead atoms. The van der Waals surface area contributed by atoms with Crippen LogP contribution in [-0.4, -0.2) is 34.1 Å². The summed E-state index contributed by atoms with van der Waals surface area (Å²) in [5, 5.41) is 2.79. The number of ether oxygens (including phenoxy) is 1. The molecule has 0 spiro atoms. The first kappa shape index (κ1) is 18.0. The van der Waals surface area contributed by atoms with Crippen molar-refractivity contribution in [1.82, 2.24) is 14.5 Å². The van der Waals surface area contributed by atoms with Gasteiger partial charge in [0.25, 0.3) is 0 Å². The molecule has 2 amide bonds. The van der Waals surface area contributed by atoms with E-state index in [2.05, 4.69) is 10.3 Å². The summed E-state index contributed by atoms with van der Waals surface area (Å²) < 4.78 is 21.4. The fraction of sp³-hybridized carbons (Fsp3) is 0.238. The van der Waals surface area contributed by atoms with Gasteiger partial charge in [0.15, 0.2) is 0 Å². The largest absolute Gasteiger partial charge is 0.497 e. The molecule has 0 saturated carbocycles. The lowest BCUT2D eigenvalue weighted by Gasteiger charge is -2.29. The number of hydrogen-bond acceptors (Lipinski definition) is 3. The van der Waals surface area contributed by atoms with Crippen LogP contribution in [-0.2, 0) is 13.0 Å². The SMILES string of the molecule is COc1ccc2c(c1)CCN(C(=O)Nc1ccc(-n3cnc(C)c3)c(F)c1)C2. The highest BCUT2D eigenvalue weighted by molar-refractivity contribution is 5.89. The molecule has 144 valence electrons. The van der Waals surface area contributed by atoms with Crippen LogP contribution in [0.2, 0.25) is 0 Å². The number of fused-ring (bicyclic) bond motifs is 1. The maximum Gasteiger partial charge on any atom is 0.322 e. The predicted molar refractivity (Wildman–Crippen MR) is 104 cm³/mol. The number of anilines is 1. The predicted octanol–water partition coefficient (Wildman–Crippen LogP) is 3.92. The zero-order chi connectivity index (χ0) is 19.7. The van der Waals surface area contributed by atoms with Gasteiger partial charge in [0.2, 0.25) is 0 Å². The number of aryl methyl sites for hydroxylation is 1. The van der Waals surface area contributed by atoms with Gasteiger partial charge in [-0.05, 0) is 54.8 Å². The van der Waals surface area contributed by atoms with Crippen LogP contribution in [0.25, 0.3) is 5.69 Å². The zero-order valence-corrected chi connectivity index (χ0v) is 15.8. The fourth-order valence-electron chi connectivity index (χ4n) is 3.38. The number of carbonyl (C=O) groups is 1. The maximum atomic E-state index is 14.5. The molecule has 3 aromatic rings. The van der Waals surface area contributed by atoms with Crippen molar-refractivity contribution in [3.8, 4) is 11.4 Å². The summed E-state index contributed by atoms with van der Waals surface area (Å²) >= 11 is 0.